The third kappa shape index (κ3) is 4.47. The minimum absolute atomic E-state index is 0.0163. The Morgan fingerprint density at radius 1 is 1.19 bits per heavy atom. The van der Waals surface area contributed by atoms with Crippen LogP contribution < -0.4 is 0 Å². The lowest BCUT2D eigenvalue weighted by atomic mass is 9.97. The normalized spacial score (nSPS) is 16.0. The summed E-state index contributed by atoms with van der Waals surface area (Å²) >= 11 is 1.46. The highest BCUT2D eigenvalue weighted by Crippen LogP contribution is 2.21. The second kappa shape index (κ2) is 7.47. The summed E-state index contributed by atoms with van der Waals surface area (Å²) in [7, 11) is 0. The molecule has 1 heterocycles. The van der Waals surface area contributed by atoms with E-state index in [0.29, 0.717) is 31.7 Å². The maximum atomic E-state index is 12.1. The zero-order chi connectivity index (χ0) is 15.2. The summed E-state index contributed by atoms with van der Waals surface area (Å²) in [5.74, 6) is -0.667. The first-order chi connectivity index (χ1) is 10.1. The van der Waals surface area contributed by atoms with Crippen LogP contribution in [-0.2, 0) is 16.2 Å². The fraction of sp³-hybridized carbons (Fsp3) is 0.467. The van der Waals surface area contributed by atoms with Crippen molar-refractivity contribution in [3.63, 3.8) is 0 Å². The molecule has 6 heteroatoms. The van der Waals surface area contributed by atoms with E-state index >= 15 is 0 Å². The Hall–Kier alpha value is -1.53. The van der Waals surface area contributed by atoms with E-state index in [2.05, 4.69) is 0 Å². The number of amides is 1. The van der Waals surface area contributed by atoms with Gasteiger partial charge in [0.1, 0.15) is 0 Å². The highest BCUT2D eigenvalue weighted by molar-refractivity contribution is 8.00. The zero-order valence-electron chi connectivity index (χ0n) is 11.7. The molecule has 0 bridgehead atoms. The van der Waals surface area contributed by atoms with Gasteiger partial charge >= 0.3 is 5.97 Å². The number of piperidine rings is 1. The fourth-order valence-electron chi connectivity index (χ4n) is 2.30. The van der Waals surface area contributed by atoms with E-state index in [4.69, 9.17) is 10.2 Å². The van der Waals surface area contributed by atoms with Crippen molar-refractivity contribution in [1.82, 2.24) is 4.90 Å². The molecule has 0 spiro atoms. The molecule has 21 heavy (non-hydrogen) atoms. The van der Waals surface area contributed by atoms with Crippen molar-refractivity contribution >= 4 is 23.6 Å². The van der Waals surface area contributed by atoms with E-state index < -0.39 is 5.97 Å². The number of carboxylic acids is 1. The Bertz CT molecular complexity index is 495. The summed E-state index contributed by atoms with van der Waals surface area (Å²) in [5.41, 5.74) is 0.849. The van der Waals surface area contributed by atoms with E-state index in [-0.39, 0.29) is 18.4 Å². The van der Waals surface area contributed by atoms with Gasteiger partial charge in [-0.2, -0.15) is 0 Å². The number of carboxylic acid groups (broad SMARTS) is 1. The lowest BCUT2D eigenvalue weighted by molar-refractivity contribution is -0.145. The average molecular weight is 309 g/mol. The molecule has 2 N–H and O–H groups in total. The Balaban J connectivity index is 1.78. The molecule has 1 aromatic rings. The van der Waals surface area contributed by atoms with Crippen LogP contribution in [0.2, 0.25) is 0 Å². The molecule has 0 atom stereocenters. The molecule has 0 aromatic heterocycles. The second-order valence-corrected chi connectivity index (χ2v) is 6.13. The topological polar surface area (TPSA) is 77.8 Å². The number of aliphatic hydroxyl groups is 1. The van der Waals surface area contributed by atoms with Crippen LogP contribution in [0.15, 0.2) is 29.2 Å². The molecule has 1 aliphatic rings. The summed E-state index contributed by atoms with van der Waals surface area (Å²) < 4.78 is 0. The largest absolute Gasteiger partial charge is 0.481 e. The standard InChI is InChI=1S/C15H19NO4S/c17-9-11-1-3-13(4-2-11)21-10-14(18)16-7-5-12(6-8-16)15(19)20/h1-4,12,17H,5-10H2,(H,19,20). The van der Waals surface area contributed by atoms with Crippen molar-refractivity contribution < 1.29 is 19.8 Å². The Morgan fingerprint density at radius 3 is 2.33 bits per heavy atom. The van der Waals surface area contributed by atoms with Gasteiger partial charge < -0.3 is 15.1 Å². The first-order valence-electron chi connectivity index (χ1n) is 6.93. The van der Waals surface area contributed by atoms with Crippen molar-refractivity contribution in [2.45, 2.75) is 24.3 Å². The highest BCUT2D eigenvalue weighted by atomic mass is 32.2. The van der Waals surface area contributed by atoms with Crippen molar-refractivity contribution in [2.24, 2.45) is 5.92 Å². The Morgan fingerprint density at radius 2 is 1.81 bits per heavy atom. The van der Waals surface area contributed by atoms with Crippen LogP contribution in [-0.4, -0.2) is 45.8 Å². The molecule has 114 valence electrons. The van der Waals surface area contributed by atoms with Crippen molar-refractivity contribution in [3.05, 3.63) is 29.8 Å². The molecule has 0 radical (unpaired) electrons. The lowest BCUT2D eigenvalue weighted by Gasteiger charge is -2.30. The van der Waals surface area contributed by atoms with Gasteiger partial charge in [-0.05, 0) is 30.5 Å². The van der Waals surface area contributed by atoms with Gasteiger partial charge in [0.2, 0.25) is 5.91 Å². The minimum Gasteiger partial charge on any atom is -0.481 e. The molecule has 5 nitrogen and oxygen atoms in total. The van der Waals surface area contributed by atoms with Crippen LogP contribution in [0, 0.1) is 5.92 Å². The quantitative estimate of drug-likeness (QED) is 0.808. The maximum absolute atomic E-state index is 12.1. The molecule has 0 aliphatic carbocycles. The van der Waals surface area contributed by atoms with E-state index in [1.54, 1.807) is 4.90 Å². The molecule has 1 aliphatic heterocycles. The van der Waals surface area contributed by atoms with Gasteiger partial charge in [-0.3, -0.25) is 9.59 Å². The van der Waals surface area contributed by atoms with E-state index in [1.165, 1.54) is 11.8 Å². The molecule has 1 saturated heterocycles. The highest BCUT2D eigenvalue weighted by Gasteiger charge is 2.26. The number of carbonyl (C=O) groups excluding carboxylic acids is 1. The van der Waals surface area contributed by atoms with Gasteiger partial charge in [-0.15, -0.1) is 11.8 Å². The van der Waals surface area contributed by atoms with Crippen LogP contribution in [0.25, 0.3) is 0 Å². The number of rotatable bonds is 5. The predicted molar refractivity (Wildman–Crippen MR) is 80.0 cm³/mol. The third-order valence-corrected chi connectivity index (χ3v) is 4.66. The van der Waals surface area contributed by atoms with E-state index in [9.17, 15) is 9.59 Å². The number of hydrogen-bond donors (Lipinski definition) is 2. The molecule has 1 amide bonds. The van der Waals surface area contributed by atoms with Crippen molar-refractivity contribution in [2.75, 3.05) is 18.8 Å². The van der Waals surface area contributed by atoms with Crippen LogP contribution >= 0.6 is 11.8 Å². The second-order valence-electron chi connectivity index (χ2n) is 5.08. The van der Waals surface area contributed by atoms with E-state index in [0.717, 1.165) is 10.5 Å². The molecule has 1 fully saturated rings. The monoisotopic (exact) mass is 309 g/mol. The van der Waals surface area contributed by atoms with E-state index in [1.807, 2.05) is 24.3 Å². The van der Waals surface area contributed by atoms with Gasteiger partial charge in [0, 0.05) is 18.0 Å². The number of aliphatic carboxylic acids is 1. The van der Waals surface area contributed by atoms with Gasteiger partial charge in [-0.25, -0.2) is 0 Å². The molecule has 0 unspecified atom stereocenters. The van der Waals surface area contributed by atoms with Crippen LogP contribution in [0.3, 0.4) is 0 Å². The Labute approximate surface area is 128 Å². The average Bonchev–Trinajstić information content (AvgIpc) is 2.53. The summed E-state index contributed by atoms with van der Waals surface area (Å²) in [6.07, 6.45) is 1.08. The SMILES string of the molecule is O=C(O)C1CCN(C(=O)CSc2ccc(CO)cc2)CC1. The van der Waals surface area contributed by atoms with Crippen molar-refractivity contribution in [3.8, 4) is 0 Å². The number of benzene rings is 1. The summed E-state index contributed by atoms with van der Waals surface area (Å²) in [4.78, 5) is 25.7. The molecule has 2 rings (SSSR count). The van der Waals surface area contributed by atoms with Gasteiger partial charge in [-0.1, -0.05) is 12.1 Å². The molecule has 1 aromatic carbocycles. The van der Waals surface area contributed by atoms with Crippen LogP contribution in [0.1, 0.15) is 18.4 Å². The van der Waals surface area contributed by atoms with Crippen LogP contribution in [0.4, 0.5) is 0 Å². The number of carbonyl (C=O) groups is 2. The number of likely N-dealkylation sites (tertiary alicyclic amines) is 1. The third-order valence-electron chi connectivity index (χ3n) is 3.67. The van der Waals surface area contributed by atoms with Gasteiger partial charge in [0.15, 0.2) is 0 Å². The predicted octanol–water partition coefficient (Wildman–Crippen LogP) is 1.59. The van der Waals surface area contributed by atoms with Gasteiger partial charge in [0.25, 0.3) is 0 Å². The maximum Gasteiger partial charge on any atom is 0.306 e. The van der Waals surface area contributed by atoms with Gasteiger partial charge in [0.05, 0.1) is 18.3 Å². The minimum atomic E-state index is -0.763. The number of nitrogens with zero attached hydrogens (tertiary/aromatic N) is 1. The first-order valence-corrected chi connectivity index (χ1v) is 7.92. The first kappa shape index (κ1) is 15.9. The zero-order valence-corrected chi connectivity index (χ0v) is 12.5. The molecular weight excluding hydrogens is 290 g/mol. The smallest absolute Gasteiger partial charge is 0.306 e. The number of thioether (sulfide) groups is 1. The molecular formula is C15H19NO4S. The lowest BCUT2D eigenvalue weighted by Crippen LogP contribution is -2.41. The number of aliphatic hydroxyl groups excluding tert-OH is 1. The summed E-state index contributed by atoms with van der Waals surface area (Å²) in [6, 6.07) is 7.46. The Kier molecular flexibility index (Phi) is 5.64. The summed E-state index contributed by atoms with van der Waals surface area (Å²) in [5, 5.41) is 17.9. The molecule has 0 saturated carbocycles. The summed E-state index contributed by atoms with van der Waals surface area (Å²) in [6.45, 7) is 1.07. The van der Waals surface area contributed by atoms with Crippen molar-refractivity contribution in [1.29, 1.82) is 0 Å². The number of hydrogen-bond acceptors (Lipinski definition) is 4. The van der Waals surface area contributed by atoms with Crippen LogP contribution in [0.5, 0.6) is 0 Å². The fourth-order valence-corrected chi connectivity index (χ4v) is 3.10.